The van der Waals surface area contributed by atoms with E-state index in [-0.39, 0.29) is 37.2 Å². The van der Waals surface area contributed by atoms with Crippen LogP contribution in [0.4, 0.5) is 0 Å². The first-order chi connectivity index (χ1) is 8.67. The summed E-state index contributed by atoms with van der Waals surface area (Å²) in [7, 11) is 0. The molecule has 0 spiro atoms. The Bertz CT molecular complexity index is 400. The van der Waals surface area contributed by atoms with Crippen LogP contribution in [0.5, 0.6) is 0 Å². The molecule has 0 saturated heterocycles. The second-order valence-electron chi connectivity index (χ2n) is 3.62. The second-order valence-corrected chi connectivity index (χ2v) is 3.62. The number of nitrogens with one attached hydrogen (secondary N) is 1. The molecule has 19 heavy (non-hydrogen) atoms. The number of hydrogen-bond donors (Lipinski definition) is 2. The first-order valence-corrected chi connectivity index (χ1v) is 5.72. The Morgan fingerprint density at radius 1 is 1.53 bits per heavy atom. The minimum Gasteiger partial charge on any atom is -0.466 e. The van der Waals surface area contributed by atoms with Crippen LogP contribution in [-0.4, -0.2) is 30.0 Å². The Kier molecular flexibility index (Phi) is 8.48. The lowest BCUT2D eigenvalue weighted by molar-refractivity contribution is -0.143. The van der Waals surface area contributed by atoms with E-state index in [1.807, 2.05) is 0 Å². The summed E-state index contributed by atoms with van der Waals surface area (Å²) in [5.41, 5.74) is 5.99. The second kappa shape index (κ2) is 9.29. The molecule has 1 aromatic heterocycles. The highest BCUT2D eigenvalue weighted by Gasteiger charge is 2.18. The van der Waals surface area contributed by atoms with Gasteiger partial charge < -0.3 is 15.8 Å². The van der Waals surface area contributed by atoms with Gasteiger partial charge in [-0.05, 0) is 18.6 Å². The van der Waals surface area contributed by atoms with Crippen LogP contribution in [-0.2, 0) is 14.3 Å². The van der Waals surface area contributed by atoms with Crippen LogP contribution in [0.2, 0.25) is 0 Å². The first kappa shape index (κ1) is 17.3. The number of amides is 1. The lowest BCUT2D eigenvalue weighted by atomic mass is 10.1. The van der Waals surface area contributed by atoms with Crippen LogP contribution in [0, 0.1) is 0 Å². The van der Waals surface area contributed by atoms with E-state index in [0.29, 0.717) is 6.61 Å². The van der Waals surface area contributed by atoms with E-state index in [9.17, 15) is 9.59 Å². The van der Waals surface area contributed by atoms with Crippen molar-refractivity contribution in [3.63, 3.8) is 0 Å². The maximum absolute atomic E-state index is 11.5. The molecule has 6 nitrogen and oxygen atoms in total. The van der Waals surface area contributed by atoms with Gasteiger partial charge in [-0.15, -0.1) is 12.4 Å². The summed E-state index contributed by atoms with van der Waals surface area (Å²) in [6, 6.07) is 3.06. The number of nitrogens with two attached hydrogens (primary N) is 1. The molecule has 0 aliphatic heterocycles. The predicted octanol–water partition coefficient (Wildman–Crippen LogP) is 0.573. The summed E-state index contributed by atoms with van der Waals surface area (Å²) >= 11 is 0. The normalized spacial score (nSPS) is 11.1. The van der Waals surface area contributed by atoms with E-state index >= 15 is 0 Å². The molecule has 0 fully saturated rings. The SMILES string of the molecule is CCOC(=O)CC(NC(=O)CN)c1cccnc1.Cl. The zero-order valence-corrected chi connectivity index (χ0v) is 11.5. The van der Waals surface area contributed by atoms with Gasteiger partial charge in [0.2, 0.25) is 5.91 Å². The van der Waals surface area contributed by atoms with Crippen LogP contribution in [0.15, 0.2) is 24.5 Å². The zero-order chi connectivity index (χ0) is 13.4. The van der Waals surface area contributed by atoms with Gasteiger partial charge >= 0.3 is 5.97 Å². The Hall–Kier alpha value is -1.66. The number of hydrogen-bond acceptors (Lipinski definition) is 5. The van der Waals surface area contributed by atoms with E-state index in [0.717, 1.165) is 5.56 Å². The maximum atomic E-state index is 11.5. The molecule has 0 aromatic carbocycles. The highest BCUT2D eigenvalue weighted by atomic mass is 35.5. The van der Waals surface area contributed by atoms with Gasteiger partial charge in [0.15, 0.2) is 0 Å². The van der Waals surface area contributed by atoms with Crippen molar-refractivity contribution in [3.8, 4) is 0 Å². The van der Waals surface area contributed by atoms with Crippen LogP contribution >= 0.6 is 12.4 Å². The number of ether oxygens (including phenoxy) is 1. The molecule has 1 unspecified atom stereocenters. The summed E-state index contributed by atoms with van der Waals surface area (Å²) in [5.74, 6) is -0.697. The largest absolute Gasteiger partial charge is 0.466 e. The van der Waals surface area contributed by atoms with Crippen molar-refractivity contribution in [1.29, 1.82) is 0 Å². The summed E-state index contributed by atoms with van der Waals surface area (Å²) in [5, 5.41) is 2.67. The van der Waals surface area contributed by atoms with Gasteiger partial charge in [0.05, 0.1) is 25.6 Å². The molecule has 7 heteroatoms. The van der Waals surface area contributed by atoms with Crippen molar-refractivity contribution >= 4 is 24.3 Å². The fourth-order valence-electron chi connectivity index (χ4n) is 1.47. The monoisotopic (exact) mass is 287 g/mol. The van der Waals surface area contributed by atoms with Crippen LogP contribution in [0.25, 0.3) is 0 Å². The van der Waals surface area contributed by atoms with E-state index in [1.165, 1.54) is 0 Å². The van der Waals surface area contributed by atoms with E-state index in [1.54, 1.807) is 31.5 Å². The molecule has 0 bridgehead atoms. The van der Waals surface area contributed by atoms with Crippen LogP contribution in [0.1, 0.15) is 24.9 Å². The van der Waals surface area contributed by atoms with Gasteiger partial charge in [0, 0.05) is 12.4 Å². The van der Waals surface area contributed by atoms with Crippen molar-refractivity contribution in [2.45, 2.75) is 19.4 Å². The van der Waals surface area contributed by atoms with Crippen LogP contribution < -0.4 is 11.1 Å². The Morgan fingerprint density at radius 2 is 2.26 bits per heavy atom. The zero-order valence-electron chi connectivity index (χ0n) is 10.7. The number of rotatable bonds is 6. The quantitative estimate of drug-likeness (QED) is 0.746. The molecule has 1 rings (SSSR count). The molecule has 1 amide bonds. The molecule has 0 radical (unpaired) electrons. The van der Waals surface area contributed by atoms with E-state index in [4.69, 9.17) is 10.5 Å². The molecule has 0 aliphatic rings. The molecule has 106 valence electrons. The van der Waals surface area contributed by atoms with Gasteiger partial charge in [-0.25, -0.2) is 0 Å². The highest BCUT2D eigenvalue weighted by Crippen LogP contribution is 2.16. The molecule has 1 heterocycles. The minimum absolute atomic E-state index is 0. The third kappa shape index (κ3) is 6.17. The van der Waals surface area contributed by atoms with Gasteiger partial charge in [-0.1, -0.05) is 6.07 Å². The number of carbonyl (C=O) groups excluding carboxylic acids is 2. The van der Waals surface area contributed by atoms with Gasteiger partial charge in [-0.3, -0.25) is 14.6 Å². The summed E-state index contributed by atoms with van der Waals surface area (Å²) in [4.78, 5) is 26.8. The Balaban J connectivity index is 0.00000324. The molecular formula is C12H18ClN3O3. The Labute approximate surface area is 118 Å². The fraction of sp³-hybridized carbons (Fsp3) is 0.417. The first-order valence-electron chi connectivity index (χ1n) is 5.72. The molecular weight excluding hydrogens is 270 g/mol. The lowest BCUT2D eigenvalue weighted by Gasteiger charge is -2.17. The number of carbonyl (C=O) groups is 2. The van der Waals surface area contributed by atoms with Crippen molar-refractivity contribution in [2.24, 2.45) is 5.73 Å². The summed E-state index contributed by atoms with van der Waals surface area (Å²) in [6.07, 6.45) is 3.28. The smallest absolute Gasteiger partial charge is 0.308 e. The maximum Gasteiger partial charge on any atom is 0.308 e. The number of esters is 1. The average Bonchev–Trinajstić information content (AvgIpc) is 2.39. The van der Waals surface area contributed by atoms with Crippen molar-refractivity contribution in [2.75, 3.05) is 13.2 Å². The van der Waals surface area contributed by atoms with Crippen LogP contribution in [0.3, 0.4) is 0 Å². The van der Waals surface area contributed by atoms with E-state index < -0.39 is 6.04 Å². The highest BCUT2D eigenvalue weighted by molar-refractivity contribution is 5.85. The number of halogens is 1. The fourth-order valence-corrected chi connectivity index (χ4v) is 1.47. The van der Waals surface area contributed by atoms with Gasteiger partial charge in [0.25, 0.3) is 0 Å². The number of aromatic nitrogens is 1. The predicted molar refractivity (Wildman–Crippen MR) is 72.7 cm³/mol. The molecule has 1 aromatic rings. The van der Waals surface area contributed by atoms with E-state index in [2.05, 4.69) is 10.3 Å². The number of nitrogens with zero attached hydrogens (tertiary/aromatic N) is 1. The number of pyridine rings is 1. The lowest BCUT2D eigenvalue weighted by Crippen LogP contribution is -2.35. The third-order valence-electron chi connectivity index (χ3n) is 2.28. The van der Waals surface area contributed by atoms with Crippen molar-refractivity contribution in [3.05, 3.63) is 30.1 Å². The standard InChI is InChI=1S/C12H17N3O3.ClH/c1-2-18-12(17)6-10(15-11(16)7-13)9-4-3-5-14-8-9;/h3-5,8,10H,2,6-7,13H2,1H3,(H,15,16);1H. The van der Waals surface area contributed by atoms with Crippen molar-refractivity contribution < 1.29 is 14.3 Å². The average molecular weight is 288 g/mol. The molecule has 0 saturated carbocycles. The molecule has 0 aliphatic carbocycles. The topological polar surface area (TPSA) is 94.3 Å². The third-order valence-corrected chi connectivity index (χ3v) is 2.28. The molecule has 1 atom stereocenters. The van der Waals surface area contributed by atoms with Gasteiger partial charge in [-0.2, -0.15) is 0 Å². The van der Waals surface area contributed by atoms with Crippen molar-refractivity contribution in [1.82, 2.24) is 10.3 Å². The molecule has 3 N–H and O–H groups in total. The Morgan fingerprint density at radius 3 is 2.79 bits per heavy atom. The van der Waals surface area contributed by atoms with Gasteiger partial charge in [0.1, 0.15) is 0 Å². The summed E-state index contributed by atoms with van der Waals surface area (Å²) in [6.45, 7) is 1.92. The minimum atomic E-state index is -0.464. The summed E-state index contributed by atoms with van der Waals surface area (Å²) < 4.78 is 4.87.